The van der Waals surface area contributed by atoms with Crippen LogP contribution in [0.5, 0.6) is 0 Å². The summed E-state index contributed by atoms with van der Waals surface area (Å²) in [6.45, 7) is 7.69. The van der Waals surface area contributed by atoms with Crippen LogP contribution in [0.4, 0.5) is 0 Å². The van der Waals surface area contributed by atoms with Crippen LogP contribution in [0.2, 0.25) is 0 Å². The number of rotatable bonds is 4. The Labute approximate surface area is 93.8 Å². The zero-order valence-corrected chi connectivity index (χ0v) is 10.2. The molecule has 1 saturated carbocycles. The second kappa shape index (κ2) is 5.31. The van der Waals surface area contributed by atoms with Crippen molar-refractivity contribution in [3.8, 4) is 0 Å². The van der Waals surface area contributed by atoms with E-state index in [1.807, 2.05) is 0 Å². The fourth-order valence-electron chi connectivity index (χ4n) is 3.37. The van der Waals surface area contributed by atoms with Crippen molar-refractivity contribution in [2.75, 3.05) is 19.8 Å². The average Bonchev–Trinajstić information content (AvgIpc) is 2.85. The molecule has 4 unspecified atom stereocenters. The van der Waals surface area contributed by atoms with Gasteiger partial charge < -0.3 is 10.1 Å². The van der Waals surface area contributed by atoms with E-state index in [9.17, 15) is 0 Å². The van der Waals surface area contributed by atoms with Crippen LogP contribution in [0.15, 0.2) is 0 Å². The largest absolute Gasteiger partial charge is 0.381 e. The predicted molar refractivity (Wildman–Crippen MR) is 62.9 cm³/mol. The van der Waals surface area contributed by atoms with Crippen LogP contribution in [0.3, 0.4) is 0 Å². The van der Waals surface area contributed by atoms with Crippen LogP contribution >= 0.6 is 0 Å². The third kappa shape index (κ3) is 2.73. The second-order valence-electron chi connectivity index (χ2n) is 5.39. The Morgan fingerprint density at radius 2 is 2.13 bits per heavy atom. The fraction of sp³-hybridized carbons (Fsp3) is 1.00. The summed E-state index contributed by atoms with van der Waals surface area (Å²) in [6.07, 6.45) is 5.55. The summed E-state index contributed by atoms with van der Waals surface area (Å²) in [5, 5.41) is 3.71. The maximum absolute atomic E-state index is 5.53. The van der Waals surface area contributed by atoms with Crippen LogP contribution in [0.25, 0.3) is 0 Å². The molecule has 0 radical (unpaired) electrons. The minimum Gasteiger partial charge on any atom is -0.381 e. The Balaban J connectivity index is 1.92. The molecule has 1 heterocycles. The predicted octanol–water partition coefficient (Wildman–Crippen LogP) is 2.44. The first-order valence-corrected chi connectivity index (χ1v) is 6.62. The molecule has 0 bridgehead atoms. The van der Waals surface area contributed by atoms with E-state index in [0.717, 1.165) is 43.6 Å². The van der Waals surface area contributed by atoms with Gasteiger partial charge in [-0.3, -0.25) is 0 Å². The number of hydrogen-bond donors (Lipinski definition) is 1. The highest BCUT2D eigenvalue weighted by Crippen LogP contribution is 2.36. The lowest BCUT2D eigenvalue weighted by Gasteiger charge is -2.29. The minimum absolute atomic E-state index is 0.724. The molecular formula is C13H25NO. The maximum Gasteiger partial charge on any atom is 0.0510 e. The van der Waals surface area contributed by atoms with Gasteiger partial charge in [-0.2, -0.15) is 0 Å². The van der Waals surface area contributed by atoms with Gasteiger partial charge in [-0.15, -0.1) is 0 Å². The summed E-state index contributed by atoms with van der Waals surface area (Å²) < 4.78 is 5.53. The minimum atomic E-state index is 0.724. The standard InChI is InChI=1S/C13H25NO/c1-3-14-13(12-6-7-15-9-12)11-5-4-10(2)8-11/h10-14H,3-9H2,1-2H3. The molecule has 1 aliphatic carbocycles. The van der Waals surface area contributed by atoms with Crippen molar-refractivity contribution < 1.29 is 4.74 Å². The van der Waals surface area contributed by atoms with Crippen LogP contribution in [-0.4, -0.2) is 25.8 Å². The van der Waals surface area contributed by atoms with Crippen LogP contribution in [-0.2, 0) is 4.74 Å². The van der Waals surface area contributed by atoms with Gasteiger partial charge >= 0.3 is 0 Å². The van der Waals surface area contributed by atoms with Crippen molar-refractivity contribution in [2.24, 2.45) is 17.8 Å². The molecule has 2 heteroatoms. The van der Waals surface area contributed by atoms with Gasteiger partial charge in [-0.05, 0) is 37.6 Å². The first-order valence-electron chi connectivity index (χ1n) is 6.62. The molecule has 2 nitrogen and oxygen atoms in total. The van der Waals surface area contributed by atoms with Crippen molar-refractivity contribution in [1.29, 1.82) is 0 Å². The summed E-state index contributed by atoms with van der Waals surface area (Å²) >= 11 is 0. The van der Waals surface area contributed by atoms with Crippen molar-refractivity contribution in [1.82, 2.24) is 5.32 Å². The van der Waals surface area contributed by atoms with E-state index in [1.54, 1.807) is 0 Å². The topological polar surface area (TPSA) is 21.3 Å². The molecule has 4 atom stereocenters. The van der Waals surface area contributed by atoms with E-state index in [-0.39, 0.29) is 0 Å². The smallest absolute Gasteiger partial charge is 0.0510 e. The van der Waals surface area contributed by atoms with Gasteiger partial charge in [0.25, 0.3) is 0 Å². The van der Waals surface area contributed by atoms with Gasteiger partial charge in [0.2, 0.25) is 0 Å². The zero-order chi connectivity index (χ0) is 10.7. The lowest BCUT2D eigenvalue weighted by atomic mass is 9.86. The third-order valence-corrected chi connectivity index (χ3v) is 4.16. The molecule has 2 rings (SSSR count). The Kier molecular flexibility index (Phi) is 4.04. The van der Waals surface area contributed by atoms with Gasteiger partial charge in [-0.25, -0.2) is 0 Å². The van der Waals surface area contributed by atoms with Crippen molar-refractivity contribution in [2.45, 2.75) is 45.6 Å². The third-order valence-electron chi connectivity index (χ3n) is 4.16. The Hall–Kier alpha value is -0.0800. The van der Waals surface area contributed by atoms with E-state index in [4.69, 9.17) is 4.74 Å². The number of hydrogen-bond acceptors (Lipinski definition) is 2. The second-order valence-corrected chi connectivity index (χ2v) is 5.39. The summed E-state index contributed by atoms with van der Waals surface area (Å²) in [7, 11) is 0. The van der Waals surface area contributed by atoms with Crippen molar-refractivity contribution in [3.05, 3.63) is 0 Å². The van der Waals surface area contributed by atoms with Gasteiger partial charge in [-0.1, -0.05) is 20.3 Å². The Morgan fingerprint density at radius 3 is 2.67 bits per heavy atom. The van der Waals surface area contributed by atoms with Gasteiger partial charge in [0.05, 0.1) is 6.61 Å². The van der Waals surface area contributed by atoms with Gasteiger partial charge in [0.15, 0.2) is 0 Å². The molecular weight excluding hydrogens is 186 g/mol. The van der Waals surface area contributed by atoms with Gasteiger partial charge in [0.1, 0.15) is 0 Å². The maximum atomic E-state index is 5.53. The molecule has 88 valence electrons. The Morgan fingerprint density at radius 1 is 1.27 bits per heavy atom. The number of ether oxygens (including phenoxy) is 1. The lowest BCUT2D eigenvalue weighted by molar-refractivity contribution is 0.164. The number of nitrogens with one attached hydrogen (secondary N) is 1. The van der Waals surface area contributed by atoms with Crippen molar-refractivity contribution >= 4 is 0 Å². The normalized spacial score (nSPS) is 38.4. The van der Waals surface area contributed by atoms with E-state index >= 15 is 0 Å². The molecule has 0 aromatic heterocycles. The molecule has 2 fully saturated rings. The molecule has 1 aliphatic heterocycles. The highest BCUT2D eigenvalue weighted by Gasteiger charge is 2.34. The average molecular weight is 211 g/mol. The highest BCUT2D eigenvalue weighted by molar-refractivity contribution is 4.89. The van der Waals surface area contributed by atoms with E-state index < -0.39 is 0 Å². The van der Waals surface area contributed by atoms with E-state index in [1.165, 1.54) is 25.7 Å². The monoisotopic (exact) mass is 211 g/mol. The molecule has 1 N–H and O–H groups in total. The molecule has 0 aromatic rings. The zero-order valence-electron chi connectivity index (χ0n) is 10.2. The fourth-order valence-corrected chi connectivity index (χ4v) is 3.37. The summed E-state index contributed by atoms with van der Waals surface area (Å²) in [6, 6.07) is 0.724. The van der Waals surface area contributed by atoms with Crippen LogP contribution < -0.4 is 5.32 Å². The molecule has 1 saturated heterocycles. The quantitative estimate of drug-likeness (QED) is 0.771. The first-order chi connectivity index (χ1) is 7.31. The van der Waals surface area contributed by atoms with Gasteiger partial charge in [0, 0.05) is 18.6 Å². The molecule has 0 spiro atoms. The molecule has 2 aliphatic rings. The Bertz CT molecular complexity index is 189. The molecule has 15 heavy (non-hydrogen) atoms. The highest BCUT2D eigenvalue weighted by atomic mass is 16.5. The summed E-state index contributed by atoms with van der Waals surface area (Å²) in [5.74, 6) is 2.63. The summed E-state index contributed by atoms with van der Waals surface area (Å²) in [4.78, 5) is 0. The first kappa shape index (κ1) is 11.4. The van der Waals surface area contributed by atoms with E-state index in [2.05, 4.69) is 19.2 Å². The van der Waals surface area contributed by atoms with Crippen molar-refractivity contribution in [3.63, 3.8) is 0 Å². The molecule has 0 amide bonds. The van der Waals surface area contributed by atoms with Crippen LogP contribution in [0.1, 0.15) is 39.5 Å². The summed E-state index contributed by atoms with van der Waals surface area (Å²) in [5.41, 5.74) is 0. The van der Waals surface area contributed by atoms with E-state index in [0.29, 0.717) is 0 Å². The molecule has 0 aromatic carbocycles. The lowest BCUT2D eigenvalue weighted by Crippen LogP contribution is -2.41. The SMILES string of the molecule is CCNC(C1CCOC1)C1CCC(C)C1. The van der Waals surface area contributed by atoms with Crippen LogP contribution in [0, 0.1) is 17.8 Å².